The fourth-order valence-corrected chi connectivity index (χ4v) is 3.58. The number of hydrogen-bond donors (Lipinski definition) is 1. The minimum atomic E-state index is -4.51. The Labute approximate surface area is 124 Å². The molecule has 5 nitrogen and oxygen atoms in total. The summed E-state index contributed by atoms with van der Waals surface area (Å²) in [6, 6.07) is -0.503. The fourth-order valence-electron chi connectivity index (χ4n) is 1.96. The molecule has 1 aliphatic carbocycles. The molecule has 0 amide bonds. The van der Waals surface area contributed by atoms with Crippen molar-refractivity contribution in [3.8, 4) is 0 Å². The largest absolute Gasteiger partial charge is 0.402 e. The molecule has 0 atom stereocenters. The lowest BCUT2D eigenvalue weighted by atomic mass is 10.4. The van der Waals surface area contributed by atoms with Gasteiger partial charge in [-0.1, -0.05) is 6.92 Å². The molecule has 0 heterocycles. The third-order valence-electron chi connectivity index (χ3n) is 3.23. The molecule has 0 aliphatic heterocycles. The second kappa shape index (κ2) is 7.75. The van der Waals surface area contributed by atoms with Crippen LogP contribution in [0.15, 0.2) is 0 Å². The SMILES string of the molecule is CCCNCCCN(C)S(=O)(=O)N(CC(F)(F)F)C1CC1. The van der Waals surface area contributed by atoms with Gasteiger partial charge in [-0.3, -0.25) is 0 Å². The average molecular weight is 331 g/mol. The number of rotatable bonds is 10. The molecular weight excluding hydrogens is 307 g/mol. The lowest BCUT2D eigenvalue weighted by molar-refractivity contribution is -0.137. The maximum atomic E-state index is 12.5. The van der Waals surface area contributed by atoms with Gasteiger partial charge in [0.05, 0.1) is 0 Å². The quantitative estimate of drug-likeness (QED) is 0.619. The van der Waals surface area contributed by atoms with Gasteiger partial charge in [-0.25, -0.2) is 0 Å². The Hall–Kier alpha value is -0.380. The highest BCUT2D eigenvalue weighted by Gasteiger charge is 2.45. The molecule has 1 saturated carbocycles. The second-order valence-corrected chi connectivity index (χ2v) is 7.31. The summed E-state index contributed by atoms with van der Waals surface area (Å²) in [5.74, 6) is 0. The van der Waals surface area contributed by atoms with Crippen LogP contribution in [-0.2, 0) is 10.2 Å². The summed E-state index contributed by atoms with van der Waals surface area (Å²) in [7, 11) is -2.71. The third-order valence-corrected chi connectivity index (χ3v) is 5.22. The molecule has 0 aromatic rings. The van der Waals surface area contributed by atoms with Crippen LogP contribution in [0.1, 0.15) is 32.6 Å². The monoisotopic (exact) mass is 331 g/mol. The van der Waals surface area contributed by atoms with Gasteiger partial charge in [0.15, 0.2) is 0 Å². The standard InChI is InChI=1S/C12H24F3N3O2S/c1-3-7-16-8-4-9-17(2)21(19,20)18(11-5-6-11)10-12(13,14)15/h11,16H,3-10H2,1-2H3. The van der Waals surface area contributed by atoms with E-state index in [0.29, 0.717) is 30.1 Å². The van der Waals surface area contributed by atoms with E-state index in [1.807, 2.05) is 6.92 Å². The van der Waals surface area contributed by atoms with Crippen LogP contribution in [0.5, 0.6) is 0 Å². The van der Waals surface area contributed by atoms with Crippen LogP contribution < -0.4 is 5.32 Å². The Bertz CT molecular complexity index is 410. The van der Waals surface area contributed by atoms with Gasteiger partial charge in [0.2, 0.25) is 0 Å². The van der Waals surface area contributed by atoms with Gasteiger partial charge >= 0.3 is 6.18 Å². The van der Waals surface area contributed by atoms with Gasteiger partial charge in [0, 0.05) is 19.6 Å². The van der Waals surface area contributed by atoms with Crippen LogP contribution >= 0.6 is 0 Å². The Balaban J connectivity index is 2.55. The highest BCUT2D eigenvalue weighted by atomic mass is 32.2. The van der Waals surface area contributed by atoms with Crippen molar-refractivity contribution in [3.05, 3.63) is 0 Å². The summed E-state index contributed by atoms with van der Waals surface area (Å²) in [5, 5.41) is 3.13. The van der Waals surface area contributed by atoms with Crippen molar-refractivity contribution < 1.29 is 21.6 Å². The summed E-state index contributed by atoms with van der Waals surface area (Å²) >= 11 is 0. The molecule has 126 valence electrons. The Kier molecular flexibility index (Phi) is 6.89. The summed E-state index contributed by atoms with van der Waals surface area (Å²) < 4.78 is 63.7. The first kappa shape index (κ1) is 18.7. The van der Waals surface area contributed by atoms with Crippen molar-refractivity contribution in [3.63, 3.8) is 0 Å². The van der Waals surface area contributed by atoms with Crippen LogP contribution in [0.3, 0.4) is 0 Å². The first-order chi connectivity index (χ1) is 9.68. The molecule has 0 aromatic heterocycles. The van der Waals surface area contributed by atoms with Gasteiger partial charge in [-0.15, -0.1) is 0 Å². The van der Waals surface area contributed by atoms with E-state index >= 15 is 0 Å². The third kappa shape index (κ3) is 6.50. The second-order valence-electron chi connectivity index (χ2n) is 5.32. The molecule has 0 radical (unpaired) electrons. The van der Waals surface area contributed by atoms with Crippen LogP contribution in [0.2, 0.25) is 0 Å². The predicted molar refractivity (Wildman–Crippen MR) is 75.1 cm³/mol. The van der Waals surface area contributed by atoms with E-state index in [0.717, 1.165) is 17.3 Å². The van der Waals surface area contributed by atoms with Gasteiger partial charge in [0.1, 0.15) is 6.54 Å². The number of nitrogens with one attached hydrogen (secondary N) is 1. The smallest absolute Gasteiger partial charge is 0.317 e. The van der Waals surface area contributed by atoms with Gasteiger partial charge < -0.3 is 5.32 Å². The first-order valence-corrected chi connectivity index (χ1v) is 8.58. The van der Waals surface area contributed by atoms with Gasteiger partial charge in [-0.2, -0.15) is 30.2 Å². The normalized spacial score (nSPS) is 16.9. The highest BCUT2D eigenvalue weighted by molar-refractivity contribution is 7.86. The summed E-state index contributed by atoms with van der Waals surface area (Å²) in [6.45, 7) is 2.32. The number of nitrogens with zero attached hydrogens (tertiary/aromatic N) is 2. The van der Waals surface area contributed by atoms with E-state index < -0.39 is 29.0 Å². The number of alkyl halides is 3. The van der Waals surface area contributed by atoms with Crippen molar-refractivity contribution >= 4 is 10.2 Å². The van der Waals surface area contributed by atoms with Gasteiger partial charge in [0.25, 0.3) is 10.2 Å². The average Bonchev–Trinajstić information content (AvgIpc) is 3.18. The Morgan fingerprint density at radius 3 is 2.33 bits per heavy atom. The van der Waals surface area contributed by atoms with E-state index in [1.165, 1.54) is 7.05 Å². The van der Waals surface area contributed by atoms with E-state index in [-0.39, 0.29) is 6.54 Å². The van der Waals surface area contributed by atoms with E-state index in [4.69, 9.17) is 0 Å². The molecule has 1 aliphatic rings. The molecule has 0 spiro atoms. The first-order valence-electron chi connectivity index (χ1n) is 7.19. The number of halogens is 3. The molecule has 1 N–H and O–H groups in total. The topological polar surface area (TPSA) is 52.7 Å². The van der Waals surface area contributed by atoms with Crippen LogP contribution in [-0.4, -0.2) is 62.5 Å². The lowest BCUT2D eigenvalue weighted by Crippen LogP contribution is -2.47. The van der Waals surface area contributed by atoms with Crippen molar-refractivity contribution in [1.82, 2.24) is 13.9 Å². The minimum absolute atomic E-state index is 0.208. The van der Waals surface area contributed by atoms with Gasteiger partial charge in [-0.05, 0) is 38.8 Å². The molecule has 0 bridgehead atoms. The zero-order valence-corrected chi connectivity index (χ0v) is 13.3. The predicted octanol–water partition coefficient (Wildman–Crippen LogP) is 1.58. The summed E-state index contributed by atoms with van der Waals surface area (Å²) in [5.41, 5.74) is 0. The zero-order valence-electron chi connectivity index (χ0n) is 12.5. The Morgan fingerprint density at radius 1 is 1.24 bits per heavy atom. The molecular formula is C12H24F3N3O2S. The van der Waals surface area contributed by atoms with Crippen LogP contribution in [0.25, 0.3) is 0 Å². The maximum absolute atomic E-state index is 12.5. The van der Waals surface area contributed by atoms with Crippen LogP contribution in [0, 0.1) is 0 Å². The molecule has 1 rings (SSSR count). The summed E-state index contributed by atoms with van der Waals surface area (Å²) in [4.78, 5) is 0. The van der Waals surface area contributed by atoms with Crippen molar-refractivity contribution in [2.24, 2.45) is 0 Å². The van der Waals surface area contributed by atoms with Crippen molar-refractivity contribution in [2.75, 3.05) is 33.2 Å². The maximum Gasteiger partial charge on any atom is 0.402 e. The van der Waals surface area contributed by atoms with E-state index in [9.17, 15) is 21.6 Å². The molecule has 1 fully saturated rings. The number of hydrogen-bond acceptors (Lipinski definition) is 3. The zero-order chi connectivity index (χ0) is 16.1. The van der Waals surface area contributed by atoms with E-state index in [2.05, 4.69) is 5.32 Å². The molecule has 9 heteroatoms. The lowest BCUT2D eigenvalue weighted by Gasteiger charge is -2.28. The van der Waals surface area contributed by atoms with Crippen molar-refractivity contribution in [2.45, 2.75) is 44.8 Å². The van der Waals surface area contributed by atoms with Crippen LogP contribution in [0.4, 0.5) is 13.2 Å². The molecule has 0 saturated heterocycles. The molecule has 0 aromatic carbocycles. The van der Waals surface area contributed by atoms with E-state index in [1.54, 1.807) is 0 Å². The Morgan fingerprint density at radius 2 is 1.86 bits per heavy atom. The molecule has 21 heavy (non-hydrogen) atoms. The molecule has 0 unspecified atom stereocenters. The highest BCUT2D eigenvalue weighted by Crippen LogP contribution is 2.33. The fraction of sp³-hybridized carbons (Fsp3) is 1.00. The minimum Gasteiger partial charge on any atom is -0.317 e. The summed E-state index contributed by atoms with van der Waals surface area (Å²) in [6.07, 6.45) is -1.96. The van der Waals surface area contributed by atoms with Crippen molar-refractivity contribution in [1.29, 1.82) is 0 Å².